The fourth-order valence-corrected chi connectivity index (χ4v) is 3.26. The first-order valence-corrected chi connectivity index (χ1v) is 7.02. The van der Waals surface area contributed by atoms with Crippen LogP contribution in [0.2, 0.25) is 0 Å². The highest BCUT2D eigenvalue weighted by Gasteiger charge is 2.53. The van der Waals surface area contributed by atoms with Crippen LogP contribution in [0.3, 0.4) is 0 Å². The van der Waals surface area contributed by atoms with Gasteiger partial charge in [0, 0.05) is 6.54 Å². The number of carbonyl (C=O) groups excluding carboxylic acids is 1. The van der Waals surface area contributed by atoms with Gasteiger partial charge < -0.3 is 29.3 Å². The van der Waals surface area contributed by atoms with E-state index in [1.165, 1.54) is 12.0 Å². The second-order valence-electron chi connectivity index (χ2n) is 5.59. The summed E-state index contributed by atoms with van der Waals surface area (Å²) in [5, 5.41) is 20.0. The average molecular weight is 309 g/mol. The highest BCUT2D eigenvalue weighted by Crippen LogP contribution is 2.45. The zero-order valence-electron chi connectivity index (χ0n) is 12.7. The number of nitrogens with zero attached hydrogens (tertiary/aromatic N) is 1. The van der Waals surface area contributed by atoms with Crippen LogP contribution in [0.25, 0.3) is 0 Å². The Balaban J connectivity index is 2.16. The van der Waals surface area contributed by atoms with Crippen LogP contribution in [0.4, 0.5) is 0 Å². The lowest BCUT2D eigenvalue weighted by Crippen LogP contribution is -2.65. The number of amides is 1. The minimum Gasteiger partial charge on any atom is -0.493 e. The predicted molar refractivity (Wildman–Crippen MR) is 75.4 cm³/mol. The summed E-state index contributed by atoms with van der Waals surface area (Å²) in [5.74, 6) is 0.555. The maximum Gasteiger partial charge on any atom is 0.280 e. The smallest absolute Gasteiger partial charge is 0.280 e. The van der Waals surface area contributed by atoms with E-state index in [1.807, 2.05) is 6.07 Å². The van der Waals surface area contributed by atoms with Crippen molar-refractivity contribution in [2.45, 2.75) is 31.5 Å². The summed E-state index contributed by atoms with van der Waals surface area (Å²) in [7, 11) is 3.08. The molecule has 0 aliphatic carbocycles. The van der Waals surface area contributed by atoms with E-state index in [9.17, 15) is 15.0 Å². The summed E-state index contributed by atoms with van der Waals surface area (Å²) < 4.78 is 15.6. The molecule has 7 nitrogen and oxygen atoms in total. The zero-order chi connectivity index (χ0) is 16.1. The molecule has 2 N–H and O–H groups in total. The van der Waals surface area contributed by atoms with E-state index in [4.69, 9.17) is 14.2 Å². The molecule has 0 radical (unpaired) electrons. The number of hydrogen-bond acceptors (Lipinski definition) is 6. The molecule has 0 aromatic heterocycles. The lowest BCUT2D eigenvalue weighted by molar-refractivity contribution is -0.284. The standard InChI is InChI=1S/C15H19NO6/c1-15-9-7-11(21-3)10(20-2)6-8(9)4-5-16(15)12(17)13(18)22-14(15)19/h6-7,13-14,18-19H,4-5H2,1-3H3/t13?,14?,15-/m0/s1. The van der Waals surface area contributed by atoms with Crippen LogP contribution in [0.5, 0.6) is 11.5 Å². The molecule has 0 spiro atoms. The van der Waals surface area contributed by atoms with Crippen molar-refractivity contribution in [2.75, 3.05) is 20.8 Å². The lowest BCUT2D eigenvalue weighted by atomic mass is 9.80. The fourth-order valence-electron chi connectivity index (χ4n) is 3.26. The molecule has 3 rings (SSSR count). The van der Waals surface area contributed by atoms with E-state index < -0.39 is 24.0 Å². The number of benzene rings is 1. The SMILES string of the molecule is COc1cc2c(cc1OC)[C@@]1(C)C(O)OC(O)C(=O)N1CC2. The van der Waals surface area contributed by atoms with Crippen molar-refractivity contribution in [2.24, 2.45) is 0 Å². The molecule has 1 saturated heterocycles. The summed E-state index contributed by atoms with van der Waals surface area (Å²) in [5.41, 5.74) is 0.594. The third-order valence-electron chi connectivity index (χ3n) is 4.54. The first-order chi connectivity index (χ1) is 10.4. The molecular weight excluding hydrogens is 290 g/mol. The van der Waals surface area contributed by atoms with E-state index >= 15 is 0 Å². The van der Waals surface area contributed by atoms with Crippen molar-refractivity contribution < 1.29 is 29.2 Å². The van der Waals surface area contributed by atoms with Crippen LogP contribution in [0, 0.1) is 0 Å². The summed E-state index contributed by atoms with van der Waals surface area (Å²) in [6.07, 6.45) is -2.38. The monoisotopic (exact) mass is 309 g/mol. The summed E-state index contributed by atoms with van der Waals surface area (Å²) in [6, 6.07) is 3.59. The van der Waals surface area contributed by atoms with E-state index in [-0.39, 0.29) is 0 Å². The van der Waals surface area contributed by atoms with Crippen LogP contribution in [0.1, 0.15) is 18.1 Å². The van der Waals surface area contributed by atoms with Gasteiger partial charge in [0.1, 0.15) is 5.54 Å². The molecule has 1 amide bonds. The van der Waals surface area contributed by atoms with Crippen molar-refractivity contribution in [3.8, 4) is 11.5 Å². The topological polar surface area (TPSA) is 88.5 Å². The third-order valence-corrected chi connectivity index (χ3v) is 4.54. The van der Waals surface area contributed by atoms with Crippen molar-refractivity contribution in [3.63, 3.8) is 0 Å². The van der Waals surface area contributed by atoms with E-state index in [0.717, 1.165) is 11.1 Å². The van der Waals surface area contributed by atoms with Gasteiger partial charge in [0.2, 0.25) is 6.29 Å². The molecule has 7 heteroatoms. The van der Waals surface area contributed by atoms with Crippen LogP contribution in [-0.4, -0.2) is 54.4 Å². The first kappa shape index (κ1) is 15.1. The molecule has 2 heterocycles. The molecular formula is C15H19NO6. The number of rotatable bonds is 2. The number of morpholine rings is 1. The normalized spacial score (nSPS) is 30.6. The number of carbonyl (C=O) groups is 1. The molecule has 1 fully saturated rings. The van der Waals surface area contributed by atoms with Gasteiger partial charge in [0.05, 0.1) is 14.2 Å². The van der Waals surface area contributed by atoms with Crippen molar-refractivity contribution >= 4 is 5.91 Å². The highest BCUT2D eigenvalue weighted by atomic mass is 16.7. The Bertz CT molecular complexity index is 618. The number of aliphatic hydroxyl groups excluding tert-OH is 2. The van der Waals surface area contributed by atoms with Gasteiger partial charge in [-0.25, -0.2) is 0 Å². The minimum atomic E-state index is -1.63. The molecule has 2 aliphatic heterocycles. The first-order valence-electron chi connectivity index (χ1n) is 7.02. The largest absolute Gasteiger partial charge is 0.493 e. The van der Waals surface area contributed by atoms with E-state index in [0.29, 0.717) is 24.5 Å². The minimum absolute atomic E-state index is 0.384. The molecule has 2 aliphatic rings. The molecule has 3 atom stereocenters. The van der Waals surface area contributed by atoms with Crippen molar-refractivity contribution in [1.29, 1.82) is 0 Å². The van der Waals surface area contributed by atoms with Crippen molar-refractivity contribution in [1.82, 2.24) is 4.90 Å². The van der Waals surface area contributed by atoms with Crippen LogP contribution in [-0.2, 0) is 21.5 Å². The Morgan fingerprint density at radius 1 is 1.27 bits per heavy atom. The average Bonchev–Trinajstić information content (AvgIpc) is 2.52. The van der Waals surface area contributed by atoms with Gasteiger partial charge in [-0.1, -0.05) is 0 Å². The van der Waals surface area contributed by atoms with Gasteiger partial charge in [0.25, 0.3) is 5.91 Å². The van der Waals surface area contributed by atoms with Crippen molar-refractivity contribution in [3.05, 3.63) is 23.3 Å². The van der Waals surface area contributed by atoms with E-state index in [2.05, 4.69) is 0 Å². The van der Waals surface area contributed by atoms with Gasteiger partial charge in [-0.15, -0.1) is 0 Å². The van der Waals surface area contributed by atoms with Gasteiger partial charge >= 0.3 is 0 Å². The molecule has 0 saturated carbocycles. The maximum atomic E-state index is 12.2. The van der Waals surface area contributed by atoms with E-state index in [1.54, 1.807) is 20.1 Å². The summed E-state index contributed by atoms with van der Waals surface area (Å²) in [4.78, 5) is 13.6. The molecule has 22 heavy (non-hydrogen) atoms. The lowest BCUT2D eigenvalue weighted by Gasteiger charge is -2.51. The second kappa shape index (κ2) is 5.12. The number of hydrogen-bond donors (Lipinski definition) is 2. The molecule has 120 valence electrons. The molecule has 2 unspecified atom stereocenters. The second-order valence-corrected chi connectivity index (χ2v) is 5.59. The Hall–Kier alpha value is -1.83. The van der Waals surface area contributed by atoms with Crippen LogP contribution in [0.15, 0.2) is 12.1 Å². The highest BCUT2D eigenvalue weighted by molar-refractivity contribution is 5.82. The van der Waals surface area contributed by atoms with Gasteiger partial charge in [0.15, 0.2) is 17.8 Å². The van der Waals surface area contributed by atoms with Gasteiger partial charge in [-0.3, -0.25) is 4.79 Å². The van der Waals surface area contributed by atoms with Crippen LogP contribution < -0.4 is 9.47 Å². The third kappa shape index (κ3) is 1.89. The molecule has 1 aromatic carbocycles. The quantitative estimate of drug-likeness (QED) is 0.798. The Kier molecular flexibility index (Phi) is 3.51. The molecule has 1 aromatic rings. The summed E-state index contributed by atoms with van der Waals surface area (Å²) >= 11 is 0. The fraction of sp³-hybridized carbons (Fsp3) is 0.533. The van der Waals surface area contributed by atoms with Gasteiger partial charge in [-0.2, -0.15) is 0 Å². The molecule has 0 bridgehead atoms. The zero-order valence-corrected chi connectivity index (χ0v) is 12.7. The van der Waals surface area contributed by atoms with Gasteiger partial charge in [-0.05, 0) is 36.6 Å². The van der Waals surface area contributed by atoms with Crippen LogP contribution >= 0.6 is 0 Å². The number of fused-ring (bicyclic) bond motifs is 3. The number of aliphatic hydroxyl groups is 2. The number of methoxy groups -OCH3 is 2. The maximum absolute atomic E-state index is 12.2. The Morgan fingerprint density at radius 2 is 1.91 bits per heavy atom. The Labute approximate surface area is 128 Å². The summed E-state index contributed by atoms with van der Waals surface area (Å²) in [6.45, 7) is 2.10. The predicted octanol–water partition coefficient (Wildman–Crippen LogP) is -0.0293. The Morgan fingerprint density at radius 3 is 2.55 bits per heavy atom. The number of ether oxygens (including phenoxy) is 3.